The molecule has 6 heteroatoms. The van der Waals surface area contributed by atoms with Crippen LogP contribution >= 0.6 is 0 Å². The Kier molecular flexibility index (Phi) is 4.39. The van der Waals surface area contributed by atoms with E-state index in [9.17, 15) is 4.79 Å². The summed E-state index contributed by atoms with van der Waals surface area (Å²) in [6, 6.07) is -0.158. The molecule has 0 bridgehead atoms. The summed E-state index contributed by atoms with van der Waals surface area (Å²) in [6.45, 7) is 1.96. The van der Waals surface area contributed by atoms with Gasteiger partial charge in [-0.3, -0.25) is 4.79 Å². The molecule has 3 atom stereocenters. The average molecular weight is 213 g/mol. The highest BCUT2D eigenvalue weighted by molar-refractivity contribution is 5.69. The van der Waals surface area contributed by atoms with Gasteiger partial charge in [-0.15, -0.1) is 0 Å². The molecule has 0 saturated carbocycles. The number of methoxy groups -OCH3 is 1. The van der Waals surface area contributed by atoms with Crippen LogP contribution in [0.4, 0.5) is 0 Å². The van der Waals surface area contributed by atoms with E-state index in [1.807, 2.05) is 6.92 Å². The van der Waals surface area contributed by atoms with Crippen LogP contribution in [0.15, 0.2) is 5.11 Å². The molecular formula is C9H15N3O3. The lowest BCUT2D eigenvalue weighted by molar-refractivity contribution is -0.143. The van der Waals surface area contributed by atoms with Crippen molar-refractivity contribution in [2.75, 3.05) is 7.11 Å². The van der Waals surface area contributed by atoms with E-state index in [2.05, 4.69) is 14.8 Å². The summed E-state index contributed by atoms with van der Waals surface area (Å²) in [5.41, 5.74) is 8.37. The number of hydrogen-bond acceptors (Lipinski definition) is 4. The molecular weight excluding hydrogens is 198 g/mol. The van der Waals surface area contributed by atoms with Crippen molar-refractivity contribution in [3.8, 4) is 0 Å². The molecule has 0 aromatic heterocycles. The number of esters is 1. The molecule has 84 valence electrons. The first-order valence-corrected chi connectivity index (χ1v) is 4.97. The Bertz CT molecular complexity index is 276. The molecule has 0 unspecified atom stereocenters. The van der Waals surface area contributed by atoms with Crippen LogP contribution in [0.2, 0.25) is 0 Å². The van der Waals surface area contributed by atoms with Gasteiger partial charge in [-0.1, -0.05) is 12.0 Å². The van der Waals surface area contributed by atoms with Gasteiger partial charge in [0.25, 0.3) is 0 Å². The van der Waals surface area contributed by atoms with Crippen LogP contribution < -0.4 is 0 Å². The number of ether oxygens (including phenoxy) is 2. The van der Waals surface area contributed by atoms with Crippen LogP contribution in [0, 0.1) is 0 Å². The maximum absolute atomic E-state index is 11.0. The van der Waals surface area contributed by atoms with Crippen LogP contribution in [0.25, 0.3) is 10.4 Å². The van der Waals surface area contributed by atoms with Gasteiger partial charge in [-0.25, -0.2) is 0 Å². The molecule has 1 aliphatic heterocycles. The predicted octanol–water partition coefficient (Wildman–Crippen LogP) is 1.80. The second-order valence-corrected chi connectivity index (χ2v) is 3.49. The molecule has 15 heavy (non-hydrogen) atoms. The van der Waals surface area contributed by atoms with Crippen molar-refractivity contribution in [3.05, 3.63) is 10.4 Å². The predicted molar refractivity (Wildman–Crippen MR) is 53.1 cm³/mol. The Morgan fingerprint density at radius 3 is 3.00 bits per heavy atom. The number of rotatable bonds is 4. The summed E-state index contributed by atoms with van der Waals surface area (Å²) in [5, 5.41) is 3.66. The van der Waals surface area contributed by atoms with E-state index in [1.54, 1.807) is 0 Å². The van der Waals surface area contributed by atoms with E-state index in [0.717, 1.165) is 6.42 Å². The first-order valence-electron chi connectivity index (χ1n) is 4.97. The quantitative estimate of drug-likeness (QED) is 0.309. The molecule has 0 aliphatic carbocycles. The lowest BCUT2D eigenvalue weighted by atomic mass is 10.1. The molecule has 0 radical (unpaired) electrons. The van der Waals surface area contributed by atoms with Gasteiger partial charge in [0.05, 0.1) is 31.8 Å². The van der Waals surface area contributed by atoms with Gasteiger partial charge in [-0.2, -0.15) is 0 Å². The minimum Gasteiger partial charge on any atom is -0.469 e. The molecule has 6 nitrogen and oxygen atoms in total. The first-order chi connectivity index (χ1) is 7.21. The van der Waals surface area contributed by atoms with Gasteiger partial charge in [0.15, 0.2) is 0 Å². The van der Waals surface area contributed by atoms with E-state index in [0.29, 0.717) is 6.42 Å². The third-order valence-corrected chi connectivity index (χ3v) is 2.53. The summed E-state index contributed by atoms with van der Waals surface area (Å²) < 4.78 is 10.1. The zero-order valence-corrected chi connectivity index (χ0v) is 8.92. The monoisotopic (exact) mass is 213 g/mol. The Balaban J connectivity index is 2.52. The van der Waals surface area contributed by atoms with Gasteiger partial charge >= 0.3 is 5.97 Å². The van der Waals surface area contributed by atoms with Crippen LogP contribution in [0.1, 0.15) is 26.2 Å². The highest BCUT2D eigenvalue weighted by atomic mass is 16.5. The molecule has 0 amide bonds. The fraction of sp³-hybridized carbons (Fsp3) is 0.889. The Morgan fingerprint density at radius 1 is 1.73 bits per heavy atom. The summed E-state index contributed by atoms with van der Waals surface area (Å²) in [4.78, 5) is 13.8. The van der Waals surface area contributed by atoms with Crippen molar-refractivity contribution in [2.24, 2.45) is 5.11 Å². The largest absolute Gasteiger partial charge is 0.469 e. The summed E-state index contributed by atoms with van der Waals surface area (Å²) >= 11 is 0. The zero-order chi connectivity index (χ0) is 11.3. The summed E-state index contributed by atoms with van der Waals surface area (Å²) in [7, 11) is 1.35. The molecule has 1 saturated heterocycles. The number of carbonyl (C=O) groups excluding carboxylic acids is 1. The Morgan fingerprint density at radius 2 is 2.47 bits per heavy atom. The number of azide groups is 1. The third kappa shape index (κ3) is 3.11. The van der Waals surface area contributed by atoms with Crippen molar-refractivity contribution in [1.82, 2.24) is 0 Å². The Labute approximate surface area is 88.2 Å². The maximum atomic E-state index is 11.0. The lowest BCUT2D eigenvalue weighted by Gasteiger charge is -2.11. The minimum atomic E-state index is -0.295. The molecule has 1 heterocycles. The number of carbonyl (C=O) groups is 1. The number of nitrogens with zero attached hydrogens (tertiary/aromatic N) is 3. The van der Waals surface area contributed by atoms with E-state index in [-0.39, 0.29) is 30.6 Å². The topological polar surface area (TPSA) is 84.3 Å². The zero-order valence-electron chi connectivity index (χ0n) is 8.92. The summed E-state index contributed by atoms with van der Waals surface area (Å²) in [5.74, 6) is -0.295. The third-order valence-electron chi connectivity index (χ3n) is 2.53. The molecule has 1 fully saturated rings. The van der Waals surface area contributed by atoms with Gasteiger partial charge in [0.2, 0.25) is 0 Å². The van der Waals surface area contributed by atoms with E-state index in [1.165, 1.54) is 7.11 Å². The van der Waals surface area contributed by atoms with E-state index < -0.39 is 0 Å². The molecule has 0 aromatic carbocycles. The van der Waals surface area contributed by atoms with Crippen molar-refractivity contribution >= 4 is 5.97 Å². The van der Waals surface area contributed by atoms with E-state index >= 15 is 0 Å². The Hall–Kier alpha value is -1.26. The maximum Gasteiger partial charge on any atom is 0.308 e. The van der Waals surface area contributed by atoms with Gasteiger partial charge < -0.3 is 9.47 Å². The fourth-order valence-corrected chi connectivity index (χ4v) is 1.77. The van der Waals surface area contributed by atoms with Crippen molar-refractivity contribution < 1.29 is 14.3 Å². The average Bonchev–Trinajstić information content (AvgIpc) is 2.61. The SMILES string of the molecule is CC[C@H]1O[C@H](CC(=O)OC)C[C@H]1N=[N+]=[N-]. The normalized spacial score (nSPS) is 29.6. The van der Waals surface area contributed by atoms with Crippen LogP contribution in [-0.4, -0.2) is 31.3 Å². The van der Waals surface area contributed by atoms with Crippen molar-refractivity contribution in [1.29, 1.82) is 0 Å². The standard InChI is InChI=1S/C9H15N3O3/c1-3-8-7(11-12-10)4-6(15-8)5-9(13)14-2/h6-8H,3-5H2,1-2H3/t6-,7+,8+/m0/s1. The van der Waals surface area contributed by atoms with Crippen LogP contribution in [-0.2, 0) is 14.3 Å². The van der Waals surface area contributed by atoms with Gasteiger partial charge in [-0.05, 0) is 18.4 Å². The molecule has 0 aromatic rings. The summed E-state index contributed by atoms with van der Waals surface area (Å²) in [6.07, 6.45) is 1.34. The molecule has 0 spiro atoms. The number of hydrogen-bond donors (Lipinski definition) is 0. The minimum absolute atomic E-state index is 0.0736. The fourth-order valence-electron chi connectivity index (χ4n) is 1.77. The van der Waals surface area contributed by atoms with Crippen LogP contribution in [0.3, 0.4) is 0 Å². The highest BCUT2D eigenvalue weighted by Crippen LogP contribution is 2.27. The first kappa shape index (κ1) is 11.8. The van der Waals surface area contributed by atoms with Crippen molar-refractivity contribution in [2.45, 2.75) is 44.4 Å². The van der Waals surface area contributed by atoms with Crippen LogP contribution in [0.5, 0.6) is 0 Å². The molecule has 1 aliphatic rings. The smallest absolute Gasteiger partial charge is 0.308 e. The van der Waals surface area contributed by atoms with Gasteiger partial charge in [0, 0.05) is 4.91 Å². The highest BCUT2D eigenvalue weighted by Gasteiger charge is 2.34. The van der Waals surface area contributed by atoms with E-state index in [4.69, 9.17) is 10.3 Å². The second-order valence-electron chi connectivity index (χ2n) is 3.49. The van der Waals surface area contributed by atoms with Gasteiger partial charge in [0.1, 0.15) is 0 Å². The lowest BCUT2D eigenvalue weighted by Crippen LogP contribution is -2.18. The van der Waals surface area contributed by atoms with Crippen molar-refractivity contribution in [3.63, 3.8) is 0 Å². The second kappa shape index (κ2) is 5.58. The molecule has 1 rings (SSSR count). The molecule has 0 N–H and O–H groups in total.